The van der Waals surface area contributed by atoms with Gasteiger partial charge in [0, 0.05) is 27.3 Å². The van der Waals surface area contributed by atoms with E-state index in [9.17, 15) is 4.39 Å². The Hall–Kier alpha value is -1.78. The molecular formula is C16H12ClFN2S. The van der Waals surface area contributed by atoms with Crippen molar-refractivity contribution in [2.75, 3.05) is 5.73 Å². The fourth-order valence-corrected chi connectivity index (χ4v) is 3.28. The average molecular weight is 319 g/mol. The standard InChI is InChI=1S/C16H12ClFN2S/c17-16-11(7-10-3-1-2-4-14(10)20-16)9-21-15-8-12(18)5-6-13(15)19/h1-8H,9,19H2. The highest BCUT2D eigenvalue weighted by atomic mass is 35.5. The van der Waals surface area contributed by atoms with Gasteiger partial charge in [0.15, 0.2) is 0 Å². The number of nitrogens with zero attached hydrogens (tertiary/aromatic N) is 1. The van der Waals surface area contributed by atoms with Gasteiger partial charge in [0.25, 0.3) is 0 Å². The topological polar surface area (TPSA) is 38.9 Å². The molecule has 2 N–H and O–H groups in total. The molecule has 0 amide bonds. The first-order chi connectivity index (χ1) is 10.1. The number of nitrogen functional groups attached to an aromatic ring is 1. The van der Waals surface area contributed by atoms with E-state index in [0.717, 1.165) is 16.5 Å². The Kier molecular flexibility index (Phi) is 3.99. The molecule has 0 saturated carbocycles. The maximum absolute atomic E-state index is 13.3. The lowest BCUT2D eigenvalue weighted by Crippen LogP contribution is -1.92. The van der Waals surface area contributed by atoms with E-state index in [1.807, 2.05) is 30.3 Å². The molecule has 1 heterocycles. The monoisotopic (exact) mass is 318 g/mol. The maximum atomic E-state index is 13.3. The molecule has 2 aromatic carbocycles. The predicted octanol–water partition coefficient (Wildman–Crippen LogP) is 4.90. The van der Waals surface area contributed by atoms with E-state index in [4.69, 9.17) is 17.3 Å². The first kappa shape index (κ1) is 14.2. The van der Waals surface area contributed by atoms with Crippen molar-refractivity contribution in [1.82, 2.24) is 4.98 Å². The summed E-state index contributed by atoms with van der Waals surface area (Å²) >= 11 is 7.66. The van der Waals surface area contributed by atoms with Gasteiger partial charge in [-0.1, -0.05) is 29.8 Å². The summed E-state index contributed by atoms with van der Waals surface area (Å²) in [5.41, 5.74) is 8.18. The van der Waals surface area contributed by atoms with Crippen LogP contribution in [0.3, 0.4) is 0 Å². The molecule has 0 aliphatic rings. The summed E-state index contributed by atoms with van der Waals surface area (Å²) in [6.45, 7) is 0. The lowest BCUT2D eigenvalue weighted by atomic mass is 10.2. The van der Waals surface area contributed by atoms with Crippen LogP contribution in [0.25, 0.3) is 10.9 Å². The number of nitrogens with two attached hydrogens (primary N) is 1. The van der Waals surface area contributed by atoms with Crippen molar-refractivity contribution in [3.05, 3.63) is 65.1 Å². The first-order valence-electron chi connectivity index (χ1n) is 6.35. The van der Waals surface area contributed by atoms with Crippen LogP contribution >= 0.6 is 23.4 Å². The highest BCUT2D eigenvalue weighted by Crippen LogP contribution is 2.31. The fraction of sp³-hybridized carbons (Fsp3) is 0.0625. The zero-order valence-electron chi connectivity index (χ0n) is 11.0. The highest BCUT2D eigenvalue weighted by Gasteiger charge is 2.08. The largest absolute Gasteiger partial charge is 0.398 e. The van der Waals surface area contributed by atoms with Crippen molar-refractivity contribution in [2.24, 2.45) is 0 Å². The molecule has 0 aliphatic carbocycles. The number of para-hydroxylation sites is 1. The Labute approximate surface area is 131 Å². The molecule has 0 aliphatic heterocycles. The summed E-state index contributed by atoms with van der Waals surface area (Å²) in [6.07, 6.45) is 0. The average Bonchev–Trinajstić information content (AvgIpc) is 2.48. The van der Waals surface area contributed by atoms with Gasteiger partial charge in [0.05, 0.1) is 5.52 Å². The van der Waals surface area contributed by atoms with Crippen LogP contribution < -0.4 is 5.73 Å². The van der Waals surface area contributed by atoms with Crippen molar-refractivity contribution in [2.45, 2.75) is 10.6 Å². The van der Waals surface area contributed by atoms with Crippen LogP contribution in [-0.2, 0) is 5.75 Å². The highest BCUT2D eigenvalue weighted by molar-refractivity contribution is 7.98. The lowest BCUT2D eigenvalue weighted by Gasteiger charge is -2.08. The molecule has 0 radical (unpaired) electrons. The number of hydrogen-bond acceptors (Lipinski definition) is 3. The summed E-state index contributed by atoms with van der Waals surface area (Å²) < 4.78 is 13.3. The Morgan fingerprint density at radius 3 is 2.81 bits per heavy atom. The van der Waals surface area contributed by atoms with E-state index in [1.165, 1.54) is 23.9 Å². The van der Waals surface area contributed by atoms with E-state index < -0.39 is 0 Å². The van der Waals surface area contributed by atoms with Crippen molar-refractivity contribution in [1.29, 1.82) is 0 Å². The van der Waals surface area contributed by atoms with Gasteiger partial charge in [-0.05, 0) is 30.3 Å². The minimum absolute atomic E-state index is 0.297. The normalized spacial score (nSPS) is 11.0. The molecule has 3 rings (SSSR count). The van der Waals surface area contributed by atoms with Crippen molar-refractivity contribution in [3.8, 4) is 0 Å². The zero-order valence-corrected chi connectivity index (χ0v) is 12.6. The molecule has 0 bridgehead atoms. The van der Waals surface area contributed by atoms with Gasteiger partial charge in [-0.25, -0.2) is 9.37 Å². The van der Waals surface area contributed by atoms with Gasteiger partial charge in [-0.15, -0.1) is 11.8 Å². The Morgan fingerprint density at radius 2 is 1.95 bits per heavy atom. The van der Waals surface area contributed by atoms with Crippen LogP contribution in [0.15, 0.2) is 53.4 Å². The van der Waals surface area contributed by atoms with Crippen LogP contribution in [0, 0.1) is 5.82 Å². The van der Waals surface area contributed by atoms with Crippen molar-refractivity contribution >= 4 is 40.0 Å². The summed E-state index contributed by atoms with van der Waals surface area (Å²) in [5.74, 6) is 0.291. The van der Waals surface area contributed by atoms with Gasteiger partial charge in [-0.2, -0.15) is 0 Å². The minimum atomic E-state index is -0.297. The van der Waals surface area contributed by atoms with Crippen LogP contribution in [-0.4, -0.2) is 4.98 Å². The summed E-state index contributed by atoms with van der Waals surface area (Å²) in [6, 6.07) is 14.1. The van der Waals surface area contributed by atoms with Gasteiger partial charge in [-0.3, -0.25) is 0 Å². The number of rotatable bonds is 3. The van der Waals surface area contributed by atoms with E-state index in [1.54, 1.807) is 6.07 Å². The van der Waals surface area contributed by atoms with Crippen LogP contribution in [0.1, 0.15) is 5.56 Å². The van der Waals surface area contributed by atoms with Gasteiger partial charge in [0.2, 0.25) is 0 Å². The smallest absolute Gasteiger partial charge is 0.133 e. The van der Waals surface area contributed by atoms with E-state index in [0.29, 0.717) is 21.5 Å². The molecule has 0 spiro atoms. The number of fused-ring (bicyclic) bond motifs is 1. The third-order valence-corrected chi connectivity index (χ3v) is 4.56. The molecule has 106 valence electrons. The van der Waals surface area contributed by atoms with Crippen molar-refractivity contribution in [3.63, 3.8) is 0 Å². The third kappa shape index (κ3) is 3.12. The number of halogens is 2. The molecule has 0 unspecified atom stereocenters. The van der Waals surface area contributed by atoms with E-state index in [-0.39, 0.29) is 5.82 Å². The molecule has 5 heteroatoms. The van der Waals surface area contributed by atoms with Crippen LogP contribution in [0.2, 0.25) is 5.15 Å². The molecule has 0 saturated heterocycles. The number of hydrogen-bond donors (Lipinski definition) is 1. The number of benzene rings is 2. The lowest BCUT2D eigenvalue weighted by molar-refractivity contribution is 0.624. The molecule has 21 heavy (non-hydrogen) atoms. The van der Waals surface area contributed by atoms with Crippen LogP contribution in [0.4, 0.5) is 10.1 Å². The fourth-order valence-electron chi connectivity index (χ4n) is 2.03. The second-order valence-corrected chi connectivity index (χ2v) is 5.98. The molecule has 0 fully saturated rings. The summed E-state index contributed by atoms with van der Waals surface area (Å²) in [7, 11) is 0. The van der Waals surface area contributed by atoms with E-state index >= 15 is 0 Å². The summed E-state index contributed by atoms with van der Waals surface area (Å²) in [4.78, 5) is 5.08. The van der Waals surface area contributed by atoms with Crippen LogP contribution in [0.5, 0.6) is 0 Å². The molecule has 3 aromatic rings. The molecule has 0 atom stereocenters. The Bertz CT molecular complexity index is 807. The maximum Gasteiger partial charge on any atom is 0.133 e. The number of anilines is 1. The van der Waals surface area contributed by atoms with Gasteiger partial charge >= 0.3 is 0 Å². The molecule has 2 nitrogen and oxygen atoms in total. The predicted molar refractivity (Wildman–Crippen MR) is 87.1 cm³/mol. The molecular weight excluding hydrogens is 307 g/mol. The third-order valence-electron chi connectivity index (χ3n) is 3.11. The van der Waals surface area contributed by atoms with E-state index in [2.05, 4.69) is 4.98 Å². The van der Waals surface area contributed by atoms with Crippen molar-refractivity contribution < 1.29 is 4.39 Å². The number of aromatic nitrogens is 1. The van der Waals surface area contributed by atoms with Gasteiger partial charge in [0.1, 0.15) is 11.0 Å². The second-order valence-electron chi connectivity index (χ2n) is 4.60. The Balaban J connectivity index is 1.88. The number of pyridine rings is 1. The zero-order chi connectivity index (χ0) is 14.8. The van der Waals surface area contributed by atoms with Gasteiger partial charge < -0.3 is 5.73 Å². The quantitative estimate of drug-likeness (QED) is 0.424. The second kappa shape index (κ2) is 5.92. The first-order valence-corrected chi connectivity index (χ1v) is 7.72. The summed E-state index contributed by atoms with van der Waals surface area (Å²) in [5, 5.41) is 1.50. The minimum Gasteiger partial charge on any atom is -0.398 e. The number of thioether (sulfide) groups is 1. The molecule has 1 aromatic heterocycles. The Morgan fingerprint density at radius 1 is 1.14 bits per heavy atom. The SMILES string of the molecule is Nc1ccc(F)cc1SCc1cc2ccccc2nc1Cl.